The fourth-order valence-electron chi connectivity index (χ4n) is 2.10. The van der Waals surface area contributed by atoms with Gasteiger partial charge < -0.3 is 10.1 Å². The van der Waals surface area contributed by atoms with Crippen LogP contribution in [0.2, 0.25) is 5.02 Å². The quantitative estimate of drug-likeness (QED) is 0.681. The van der Waals surface area contributed by atoms with Crippen molar-refractivity contribution in [2.75, 3.05) is 12.3 Å². The zero-order chi connectivity index (χ0) is 19.0. The van der Waals surface area contributed by atoms with Crippen LogP contribution in [-0.2, 0) is 21.4 Å². The average Bonchev–Trinajstić information content (AvgIpc) is 2.62. The number of halogens is 1. The predicted octanol–water partition coefficient (Wildman–Crippen LogP) is 2.34. The molecule has 140 valence electrons. The van der Waals surface area contributed by atoms with E-state index in [1.54, 1.807) is 31.2 Å². The van der Waals surface area contributed by atoms with Crippen molar-refractivity contribution < 1.29 is 17.9 Å². The van der Waals surface area contributed by atoms with Crippen LogP contribution in [0.3, 0.4) is 0 Å². The summed E-state index contributed by atoms with van der Waals surface area (Å²) in [6, 6.07) is 16.0. The number of sulfonamides is 1. The Kier molecular flexibility index (Phi) is 7.44. The van der Waals surface area contributed by atoms with E-state index >= 15 is 0 Å². The summed E-state index contributed by atoms with van der Waals surface area (Å²) in [5, 5.41) is 2.95. The van der Waals surface area contributed by atoms with Crippen LogP contribution < -0.4 is 14.8 Å². The number of benzene rings is 2. The van der Waals surface area contributed by atoms with Gasteiger partial charge in [-0.2, -0.15) is 0 Å². The minimum atomic E-state index is -3.49. The topological polar surface area (TPSA) is 84.5 Å². The van der Waals surface area contributed by atoms with E-state index in [0.717, 1.165) is 5.56 Å². The fourth-order valence-corrected chi connectivity index (χ4v) is 3.18. The highest BCUT2D eigenvalue weighted by atomic mass is 35.5. The number of para-hydroxylation sites is 1. The number of carbonyl (C=O) groups excluding carboxylic acids is 1. The highest BCUT2D eigenvalue weighted by molar-refractivity contribution is 7.89. The van der Waals surface area contributed by atoms with Gasteiger partial charge in [0.05, 0.1) is 10.8 Å². The highest BCUT2D eigenvalue weighted by Crippen LogP contribution is 2.24. The van der Waals surface area contributed by atoms with E-state index < -0.39 is 22.0 Å². The normalized spacial score (nSPS) is 12.4. The third-order valence-electron chi connectivity index (χ3n) is 3.52. The van der Waals surface area contributed by atoms with Crippen LogP contribution in [0.15, 0.2) is 54.6 Å². The number of hydrogen-bond acceptors (Lipinski definition) is 4. The van der Waals surface area contributed by atoms with Gasteiger partial charge in [-0.15, -0.1) is 0 Å². The molecule has 2 rings (SSSR count). The molecular formula is C18H21ClN2O4S. The van der Waals surface area contributed by atoms with Crippen molar-refractivity contribution in [2.45, 2.75) is 19.6 Å². The van der Waals surface area contributed by atoms with Crippen LogP contribution in [0.25, 0.3) is 0 Å². The van der Waals surface area contributed by atoms with Gasteiger partial charge in [0.1, 0.15) is 5.75 Å². The molecule has 0 aliphatic rings. The minimum Gasteiger partial charge on any atom is -0.479 e. The third-order valence-corrected chi connectivity index (χ3v) is 5.16. The van der Waals surface area contributed by atoms with Crippen molar-refractivity contribution >= 4 is 27.5 Å². The first-order valence-electron chi connectivity index (χ1n) is 8.07. The second-order valence-corrected chi connectivity index (χ2v) is 7.94. The molecule has 0 bridgehead atoms. The molecule has 0 aliphatic carbocycles. The van der Waals surface area contributed by atoms with Crippen LogP contribution in [0, 0.1) is 0 Å². The molecule has 0 saturated carbocycles. The van der Waals surface area contributed by atoms with Gasteiger partial charge in [0.15, 0.2) is 6.10 Å². The number of ether oxygens (including phenoxy) is 1. The Bertz CT molecular complexity index is 828. The third kappa shape index (κ3) is 6.67. The van der Waals surface area contributed by atoms with E-state index in [-0.39, 0.29) is 18.8 Å². The molecule has 1 unspecified atom stereocenters. The Morgan fingerprint density at radius 1 is 1.12 bits per heavy atom. The first-order valence-corrected chi connectivity index (χ1v) is 10.1. The van der Waals surface area contributed by atoms with E-state index in [2.05, 4.69) is 10.0 Å². The molecular weight excluding hydrogens is 376 g/mol. The Morgan fingerprint density at radius 2 is 1.77 bits per heavy atom. The second-order valence-electron chi connectivity index (χ2n) is 5.61. The van der Waals surface area contributed by atoms with E-state index in [0.29, 0.717) is 10.8 Å². The van der Waals surface area contributed by atoms with Gasteiger partial charge in [0, 0.05) is 13.1 Å². The molecule has 1 amide bonds. The monoisotopic (exact) mass is 396 g/mol. The van der Waals surface area contributed by atoms with Crippen molar-refractivity contribution in [1.29, 1.82) is 0 Å². The second kappa shape index (κ2) is 9.56. The minimum absolute atomic E-state index is 0.0147. The summed E-state index contributed by atoms with van der Waals surface area (Å²) in [7, 11) is -3.49. The molecule has 0 heterocycles. The molecule has 8 heteroatoms. The Labute approximate surface area is 158 Å². The van der Waals surface area contributed by atoms with Crippen LogP contribution in [-0.4, -0.2) is 32.7 Å². The summed E-state index contributed by atoms with van der Waals surface area (Å²) in [5.41, 5.74) is 0.863. The zero-order valence-electron chi connectivity index (χ0n) is 14.3. The molecule has 2 aromatic carbocycles. The number of hydrogen-bond donors (Lipinski definition) is 2. The molecule has 0 saturated heterocycles. The molecule has 0 spiro atoms. The van der Waals surface area contributed by atoms with E-state index in [1.807, 2.05) is 30.3 Å². The maximum atomic E-state index is 12.0. The van der Waals surface area contributed by atoms with E-state index in [9.17, 15) is 13.2 Å². The molecule has 26 heavy (non-hydrogen) atoms. The smallest absolute Gasteiger partial charge is 0.260 e. The van der Waals surface area contributed by atoms with Crippen LogP contribution in [0.4, 0.5) is 0 Å². The Balaban J connectivity index is 1.75. The highest BCUT2D eigenvalue weighted by Gasteiger charge is 2.17. The van der Waals surface area contributed by atoms with Crippen molar-refractivity contribution in [3.63, 3.8) is 0 Å². The molecule has 2 N–H and O–H groups in total. The largest absolute Gasteiger partial charge is 0.479 e. The lowest BCUT2D eigenvalue weighted by atomic mass is 10.2. The van der Waals surface area contributed by atoms with Gasteiger partial charge in [-0.25, -0.2) is 13.1 Å². The first kappa shape index (κ1) is 20.2. The van der Waals surface area contributed by atoms with Crippen molar-refractivity contribution in [3.05, 3.63) is 65.2 Å². The lowest BCUT2D eigenvalue weighted by molar-refractivity contribution is -0.127. The van der Waals surface area contributed by atoms with Gasteiger partial charge in [0.25, 0.3) is 5.91 Å². The SMILES string of the molecule is CC(Oc1ccccc1Cl)C(=O)NCCS(=O)(=O)NCc1ccccc1. The van der Waals surface area contributed by atoms with Gasteiger partial charge in [-0.1, -0.05) is 54.1 Å². The fraction of sp³-hybridized carbons (Fsp3) is 0.278. The standard InChI is InChI=1S/C18H21ClN2O4S/c1-14(25-17-10-6-5-9-16(17)19)18(22)20-11-12-26(23,24)21-13-15-7-3-2-4-8-15/h2-10,14,21H,11-13H2,1H3,(H,20,22). The first-order chi connectivity index (χ1) is 12.4. The van der Waals surface area contributed by atoms with Gasteiger partial charge in [-0.3, -0.25) is 4.79 Å². The molecule has 2 aromatic rings. The van der Waals surface area contributed by atoms with Crippen molar-refractivity contribution in [1.82, 2.24) is 10.0 Å². The number of nitrogens with one attached hydrogen (secondary N) is 2. The number of carbonyl (C=O) groups is 1. The molecule has 1 atom stereocenters. The summed E-state index contributed by atoms with van der Waals surface area (Å²) < 4.78 is 31.9. The maximum absolute atomic E-state index is 12.0. The van der Waals surface area contributed by atoms with Crippen molar-refractivity contribution in [2.24, 2.45) is 0 Å². The van der Waals surface area contributed by atoms with Gasteiger partial charge in [-0.05, 0) is 24.6 Å². The van der Waals surface area contributed by atoms with Crippen LogP contribution in [0.5, 0.6) is 5.75 Å². The zero-order valence-corrected chi connectivity index (χ0v) is 15.9. The summed E-state index contributed by atoms with van der Waals surface area (Å²) >= 11 is 5.98. The molecule has 0 aliphatic heterocycles. The summed E-state index contributed by atoms with van der Waals surface area (Å²) in [4.78, 5) is 12.0. The van der Waals surface area contributed by atoms with Crippen LogP contribution in [0.1, 0.15) is 12.5 Å². The van der Waals surface area contributed by atoms with Crippen molar-refractivity contribution in [3.8, 4) is 5.75 Å². The maximum Gasteiger partial charge on any atom is 0.260 e. The Hall–Kier alpha value is -2.09. The lowest BCUT2D eigenvalue weighted by Crippen LogP contribution is -2.40. The predicted molar refractivity (Wildman–Crippen MR) is 102 cm³/mol. The van der Waals surface area contributed by atoms with E-state index in [4.69, 9.17) is 16.3 Å². The summed E-state index contributed by atoms with van der Waals surface area (Å²) in [6.07, 6.45) is -0.796. The number of rotatable bonds is 9. The van der Waals surface area contributed by atoms with Gasteiger partial charge >= 0.3 is 0 Å². The molecule has 0 radical (unpaired) electrons. The molecule has 0 fully saturated rings. The lowest BCUT2D eigenvalue weighted by Gasteiger charge is -2.15. The Morgan fingerprint density at radius 3 is 2.46 bits per heavy atom. The average molecular weight is 397 g/mol. The van der Waals surface area contributed by atoms with Crippen LogP contribution >= 0.6 is 11.6 Å². The summed E-state index contributed by atoms with van der Waals surface area (Å²) in [6.45, 7) is 1.77. The molecule has 6 nitrogen and oxygen atoms in total. The summed E-state index contributed by atoms with van der Waals surface area (Å²) in [5.74, 6) is -0.234. The van der Waals surface area contributed by atoms with E-state index in [1.165, 1.54) is 0 Å². The number of amides is 1. The van der Waals surface area contributed by atoms with Gasteiger partial charge in [0.2, 0.25) is 10.0 Å². The molecule has 0 aromatic heterocycles.